The normalized spacial score (nSPS) is 29.2. The molecule has 0 radical (unpaired) electrons. The monoisotopic (exact) mass is 457 g/mol. The van der Waals surface area contributed by atoms with Crippen molar-refractivity contribution in [3.05, 3.63) is 58.4 Å². The number of ether oxygens (including phenoxy) is 2. The van der Waals surface area contributed by atoms with Crippen LogP contribution in [0.25, 0.3) is 0 Å². The highest BCUT2D eigenvalue weighted by Crippen LogP contribution is 2.61. The van der Waals surface area contributed by atoms with Crippen molar-refractivity contribution in [2.75, 3.05) is 7.11 Å². The third kappa shape index (κ3) is 4.24. The van der Waals surface area contributed by atoms with Gasteiger partial charge in [-0.3, -0.25) is 0 Å². The first-order valence-corrected chi connectivity index (χ1v) is 12.3. The number of benzene rings is 2. The van der Waals surface area contributed by atoms with Crippen molar-refractivity contribution in [2.24, 2.45) is 23.2 Å². The van der Waals surface area contributed by atoms with Crippen molar-refractivity contribution in [1.29, 1.82) is 0 Å². The molecular formula is C27H33ClFNO2. The second-order valence-corrected chi connectivity index (χ2v) is 10.8. The Morgan fingerprint density at radius 3 is 2.38 bits per heavy atom. The molecule has 2 aromatic rings. The van der Waals surface area contributed by atoms with Gasteiger partial charge in [-0.05, 0) is 92.4 Å². The van der Waals surface area contributed by atoms with Crippen LogP contribution >= 0.6 is 11.6 Å². The molecule has 2 aromatic carbocycles. The fraction of sp³-hybridized carbons (Fsp3) is 0.556. The maximum absolute atomic E-state index is 13.9. The summed E-state index contributed by atoms with van der Waals surface area (Å²) in [6, 6.07) is 11.0. The third-order valence-electron chi connectivity index (χ3n) is 8.24. The second kappa shape index (κ2) is 8.87. The lowest BCUT2D eigenvalue weighted by Gasteiger charge is -2.59. The van der Waals surface area contributed by atoms with E-state index in [0.29, 0.717) is 33.5 Å². The summed E-state index contributed by atoms with van der Waals surface area (Å²) in [5.74, 6) is 3.59. The van der Waals surface area contributed by atoms with Crippen LogP contribution in [0, 0.1) is 29.0 Å². The average Bonchev–Trinajstić information content (AvgIpc) is 2.76. The molecule has 4 aliphatic carbocycles. The zero-order valence-corrected chi connectivity index (χ0v) is 19.8. The minimum absolute atomic E-state index is 0.101. The Hall–Kier alpha value is -1.78. The lowest BCUT2D eigenvalue weighted by molar-refractivity contribution is -0.0706. The second-order valence-electron chi connectivity index (χ2n) is 10.4. The Kier molecular flexibility index (Phi) is 6.11. The van der Waals surface area contributed by atoms with Crippen molar-refractivity contribution in [2.45, 2.75) is 64.6 Å². The summed E-state index contributed by atoms with van der Waals surface area (Å²) in [5.41, 5.74) is 2.02. The summed E-state index contributed by atoms with van der Waals surface area (Å²) in [5, 5.41) is 4.30. The van der Waals surface area contributed by atoms with Gasteiger partial charge in [0.15, 0.2) is 11.5 Å². The summed E-state index contributed by atoms with van der Waals surface area (Å²) >= 11 is 6.56. The molecule has 172 valence electrons. The molecule has 4 saturated carbocycles. The lowest BCUT2D eigenvalue weighted by Crippen LogP contribution is -2.54. The molecule has 6 rings (SSSR count). The van der Waals surface area contributed by atoms with E-state index in [1.807, 2.05) is 12.1 Å². The van der Waals surface area contributed by atoms with Gasteiger partial charge in [-0.25, -0.2) is 4.39 Å². The molecule has 4 aliphatic rings. The highest BCUT2D eigenvalue weighted by atomic mass is 35.5. The molecule has 32 heavy (non-hydrogen) atoms. The zero-order chi connectivity index (χ0) is 22.3. The SMILES string of the molecule is COc1cc(CNC(C)C23CC4CC(CC(C4)C2)C3)cc(Cl)c1OCc1ccccc1F. The van der Waals surface area contributed by atoms with Gasteiger partial charge in [0.25, 0.3) is 0 Å². The Morgan fingerprint density at radius 1 is 1.09 bits per heavy atom. The molecule has 0 amide bonds. The minimum Gasteiger partial charge on any atom is -0.493 e. The Labute approximate surface area is 195 Å². The summed E-state index contributed by atoms with van der Waals surface area (Å²) in [6.07, 6.45) is 8.56. The molecule has 3 nitrogen and oxygen atoms in total. The number of hydrogen-bond donors (Lipinski definition) is 1. The first kappa shape index (κ1) is 22.0. The van der Waals surface area contributed by atoms with Crippen LogP contribution in [0.3, 0.4) is 0 Å². The summed E-state index contributed by atoms with van der Waals surface area (Å²) < 4.78 is 25.3. The van der Waals surface area contributed by atoms with E-state index in [9.17, 15) is 4.39 Å². The molecule has 1 atom stereocenters. The Morgan fingerprint density at radius 2 is 1.75 bits per heavy atom. The highest BCUT2D eigenvalue weighted by molar-refractivity contribution is 6.32. The molecule has 5 heteroatoms. The average molecular weight is 458 g/mol. The zero-order valence-electron chi connectivity index (χ0n) is 19.0. The number of hydrogen-bond acceptors (Lipinski definition) is 3. The minimum atomic E-state index is -0.290. The number of nitrogens with one attached hydrogen (secondary N) is 1. The van der Waals surface area contributed by atoms with Crippen LogP contribution in [0.2, 0.25) is 5.02 Å². The van der Waals surface area contributed by atoms with E-state index in [4.69, 9.17) is 21.1 Å². The van der Waals surface area contributed by atoms with Crippen LogP contribution in [0.15, 0.2) is 36.4 Å². The van der Waals surface area contributed by atoms with E-state index in [1.54, 1.807) is 25.3 Å². The fourth-order valence-corrected chi connectivity index (χ4v) is 7.26. The number of methoxy groups -OCH3 is 1. The van der Waals surface area contributed by atoms with Gasteiger partial charge in [-0.2, -0.15) is 0 Å². The van der Waals surface area contributed by atoms with Crippen molar-refractivity contribution in [3.8, 4) is 11.5 Å². The quantitative estimate of drug-likeness (QED) is 0.475. The number of rotatable bonds is 8. The predicted molar refractivity (Wildman–Crippen MR) is 126 cm³/mol. The number of halogens is 2. The smallest absolute Gasteiger partial charge is 0.180 e. The molecule has 0 heterocycles. The van der Waals surface area contributed by atoms with Crippen LogP contribution in [0.5, 0.6) is 11.5 Å². The van der Waals surface area contributed by atoms with Crippen molar-refractivity contribution in [1.82, 2.24) is 5.32 Å². The molecular weight excluding hydrogens is 425 g/mol. The van der Waals surface area contributed by atoms with Crippen LogP contribution in [-0.2, 0) is 13.2 Å². The molecule has 0 saturated heterocycles. The van der Waals surface area contributed by atoms with Gasteiger partial charge >= 0.3 is 0 Å². The summed E-state index contributed by atoms with van der Waals surface area (Å²) in [4.78, 5) is 0. The predicted octanol–water partition coefficient (Wildman–Crippen LogP) is 6.76. The molecule has 1 N–H and O–H groups in total. The standard InChI is InChI=1S/C27H33ClFNO2/c1-17(27-12-18-7-19(13-27)9-20(8-18)14-27)30-15-21-10-23(28)26(25(11-21)31-2)32-16-22-5-3-4-6-24(22)29/h3-6,10-11,17-20,30H,7-9,12-16H2,1-2H3. The topological polar surface area (TPSA) is 30.5 Å². The first-order chi connectivity index (χ1) is 15.5. The summed E-state index contributed by atoms with van der Waals surface area (Å²) in [6.45, 7) is 3.22. The first-order valence-electron chi connectivity index (χ1n) is 11.9. The van der Waals surface area contributed by atoms with Crippen molar-refractivity contribution in [3.63, 3.8) is 0 Å². The maximum Gasteiger partial charge on any atom is 0.180 e. The van der Waals surface area contributed by atoms with Crippen molar-refractivity contribution < 1.29 is 13.9 Å². The van der Waals surface area contributed by atoms with E-state index < -0.39 is 0 Å². The molecule has 1 unspecified atom stereocenters. The van der Waals surface area contributed by atoms with E-state index in [1.165, 1.54) is 44.6 Å². The van der Waals surface area contributed by atoms with E-state index in [-0.39, 0.29) is 12.4 Å². The molecule has 0 spiro atoms. The maximum atomic E-state index is 13.9. The van der Waals surface area contributed by atoms with Crippen LogP contribution in [-0.4, -0.2) is 13.2 Å². The largest absolute Gasteiger partial charge is 0.493 e. The van der Waals surface area contributed by atoms with Crippen LogP contribution < -0.4 is 14.8 Å². The molecule has 4 bridgehead atoms. The summed E-state index contributed by atoms with van der Waals surface area (Å²) in [7, 11) is 1.61. The van der Waals surface area contributed by atoms with E-state index in [2.05, 4.69) is 12.2 Å². The van der Waals surface area contributed by atoms with Gasteiger partial charge in [0.1, 0.15) is 12.4 Å². The van der Waals surface area contributed by atoms with Crippen LogP contribution in [0.4, 0.5) is 4.39 Å². The van der Waals surface area contributed by atoms with Crippen molar-refractivity contribution >= 4 is 11.6 Å². The van der Waals surface area contributed by atoms with Crippen LogP contribution in [0.1, 0.15) is 56.6 Å². The van der Waals surface area contributed by atoms with Gasteiger partial charge < -0.3 is 14.8 Å². The van der Waals surface area contributed by atoms with Gasteiger partial charge in [0.2, 0.25) is 0 Å². The van der Waals surface area contributed by atoms with E-state index >= 15 is 0 Å². The fourth-order valence-electron chi connectivity index (χ4n) is 6.98. The third-order valence-corrected chi connectivity index (χ3v) is 8.52. The Bertz CT molecular complexity index is 943. The van der Waals surface area contributed by atoms with Gasteiger partial charge in [-0.1, -0.05) is 29.8 Å². The lowest BCUT2D eigenvalue weighted by atomic mass is 9.48. The van der Waals surface area contributed by atoms with Gasteiger partial charge in [0.05, 0.1) is 12.1 Å². The van der Waals surface area contributed by atoms with Gasteiger partial charge in [0, 0.05) is 18.2 Å². The molecule has 0 aliphatic heterocycles. The van der Waals surface area contributed by atoms with E-state index in [0.717, 1.165) is 29.9 Å². The van der Waals surface area contributed by atoms with Gasteiger partial charge in [-0.15, -0.1) is 0 Å². The molecule has 4 fully saturated rings. The highest BCUT2D eigenvalue weighted by Gasteiger charge is 2.52. The Balaban J connectivity index is 1.25. The molecule has 0 aromatic heterocycles.